The predicted octanol–water partition coefficient (Wildman–Crippen LogP) is 2.12. The quantitative estimate of drug-likeness (QED) is 0.869. The van der Waals surface area contributed by atoms with Gasteiger partial charge in [-0.3, -0.25) is 0 Å². The second-order valence-corrected chi connectivity index (χ2v) is 6.00. The molecule has 1 spiro atoms. The molecule has 1 aliphatic heterocycles. The summed E-state index contributed by atoms with van der Waals surface area (Å²) in [6, 6.07) is 3.08. The molecule has 1 unspecified atom stereocenters. The smallest absolute Gasteiger partial charge is 0.337 e. The minimum atomic E-state index is -1.57. The normalized spacial score (nSPS) is 20.7. The highest BCUT2D eigenvalue weighted by molar-refractivity contribution is 9.10. The Hall–Kier alpha value is -1.27. The van der Waals surface area contributed by atoms with Crippen molar-refractivity contribution >= 4 is 21.9 Å². The zero-order valence-corrected chi connectivity index (χ0v) is 11.6. The number of aliphatic hydroxyl groups excluding tert-OH is 1. The van der Waals surface area contributed by atoms with Gasteiger partial charge in [0.15, 0.2) is 17.6 Å². The van der Waals surface area contributed by atoms with Crippen LogP contribution in [-0.4, -0.2) is 29.4 Å². The van der Waals surface area contributed by atoms with Gasteiger partial charge in [-0.15, -0.1) is 0 Å². The number of aliphatic carboxylic acids is 1. The van der Waals surface area contributed by atoms with Crippen LogP contribution in [0.15, 0.2) is 16.6 Å². The molecule has 1 aromatic carbocycles. The molecule has 1 aromatic rings. The Bertz CT molecular complexity index is 538. The summed E-state index contributed by atoms with van der Waals surface area (Å²) in [6.45, 7) is 1.18. The second-order valence-electron chi connectivity index (χ2n) is 5.15. The van der Waals surface area contributed by atoms with E-state index in [1.807, 2.05) is 0 Å². The standard InChI is InChI=1S/C13H13BrO5/c14-8-3-7(10(15)12(16)17)4-9-11(8)19-6-13(1-2-13)5-18-9/h3-4,10,15H,1-2,5-6H2,(H,16,17). The molecule has 6 heteroatoms. The van der Waals surface area contributed by atoms with Crippen molar-refractivity contribution in [3.05, 3.63) is 22.2 Å². The number of benzene rings is 1. The Balaban J connectivity index is 1.95. The first-order chi connectivity index (χ1) is 9.01. The molecule has 2 N–H and O–H groups in total. The summed E-state index contributed by atoms with van der Waals surface area (Å²) < 4.78 is 12.1. The van der Waals surface area contributed by atoms with Crippen LogP contribution in [0.4, 0.5) is 0 Å². The fraction of sp³-hybridized carbons (Fsp3) is 0.462. The Labute approximate surface area is 118 Å². The lowest BCUT2D eigenvalue weighted by molar-refractivity contribution is -0.146. The van der Waals surface area contributed by atoms with Crippen LogP contribution in [0.2, 0.25) is 0 Å². The summed E-state index contributed by atoms with van der Waals surface area (Å²) in [7, 11) is 0. The van der Waals surface area contributed by atoms with Crippen molar-refractivity contribution in [3.8, 4) is 11.5 Å². The maximum absolute atomic E-state index is 10.8. The molecule has 2 aliphatic rings. The highest BCUT2D eigenvalue weighted by Crippen LogP contribution is 2.50. The summed E-state index contributed by atoms with van der Waals surface area (Å²) in [5, 5.41) is 18.4. The van der Waals surface area contributed by atoms with Crippen LogP contribution < -0.4 is 9.47 Å². The second kappa shape index (κ2) is 4.38. The van der Waals surface area contributed by atoms with Crippen molar-refractivity contribution in [2.75, 3.05) is 13.2 Å². The van der Waals surface area contributed by atoms with Crippen LogP contribution in [0.5, 0.6) is 11.5 Å². The van der Waals surface area contributed by atoms with E-state index in [2.05, 4.69) is 15.9 Å². The molecule has 1 atom stereocenters. The number of ether oxygens (including phenoxy) is 2. The van der Waals surface area contributed by atoms with E-state index in [9.17, 15) is 9.90 Å². The topological polar surface area (TPSA) is 76.0 Å². The third-order valence-corrected chi connectivity index (χ3v) is 4.18. The van der Waals surface area contributed by atoms with Gasteiger partial charge in [0.25, 0.3) is 0 Å². The van der Waals surface area contributed by atoms with E-state index in [0.29, 0.717) is 29.2 Å². The monoisotopic (exact) mass is 328 g/mol. The minimum absolute atomic E-state index is 0.115. The molecule has 1 heterocycles. The van der Waals surface area contributed by atoms with Gasteiger partial charge in [0.2, 0.25) is 0 Å². The number of fused-ring (bicyclic) bond motifs is 1. The van der Waals surface area contributed by atoms with Crippen LogP contribution >= 0.6 is 15.9 Å². The lowest BCUT2D eigenvalue weighted by atomic mass is 10.1. The first-order valence-corrected chi connectivity index (χ1v) is 6.80. The van der Waals surface area contributed by atoms with Gasteiger partial charge in [0, 0.05) is 5.41 Å². The zero-order valence-electron chi connectivity index (χ0n) is 10.1. The molecule has 1 saturated carbocycles. The molecule has 0 amide bonds. The molecule has 1 aliphatic carbocycles. The fourth-order valence-corrected chi connectivity index (χ4v) is 2.67. The van der Waals surface area contributed by atoms with Crippen molar-refractivity contribution in [1.29, 1.82) is 0 Å². The van der Waals surface area contributed by atoms with Crippen LogP contribution in [0.1, 0.15) is 24.5 Å². The average molecular weight is 329 g/mol. The van der Waals surface area contributed by atoms with E-state index >= 15 is 0 Å². The van der Waals surface area contributed by atoms with Gasteiger partial charge >= 0.3 is 5.97 Å². The van der Waals surface area contributed by atoms with Gasteiger partial charge in [-0.25, -0.2) is 4.79 Å². The van der Waals surface area contributed by atoms with Gasteiger partial charge in [0.1, 0.15) is 0 Å². The number of hydrogen-bond donors (Lipinski definition) is 2. The molecule has 1 fully saturated rings. The highest BCUT2D eigenvalue weighted by Gasteiger charge is 2.46. The lowest BCUT2D eigenvalue weighted by Gasteiger charge is -2.13. The average Bonchev–Trinajstić information content (AvgIpc) is 3.16. The number of carboxylic acids is 1. The largest absolute Gasteiger partial charge is 0.489 e. The Morgan fingerprint density at radius 2 is 2.00 bits per heavy atom. The Morgan fingerprint density at radius 1 is 1.32 bits per heavy atom. The van der Waals surface area contributed by atoms with E-state index in [-0.39, 0.29) is 11.0 Å². The molecular weight excluding hydrogens is 316 g/mol. The molecule has 5 nitrogen and oxygen atoms in total. The third-order valence-electron chi connectivity index (χ3n) is 3.60. The summed E-state index contributed by atoms with van der Waals surface area (Å²) in [5.41, 5.74) is 0.387. The highest BCUT2D eigenvalue weighted by atomic mass is 79.9. The van der Waals surface area contributed by atoms with E-state index in [1.54, 1.807) is 6.07 Å². The number of halogens is 1. The van der Waals surface area contributed by atoms with Crippen LogP contribution in [0.25, 0.3) is 0 Å². The fourth-order valence-electron chi connectivity index (χ4n) is 2.10. The summed E-state index contributed by atoms with van der Waals surface area (Å²) in [4.78, 5) is 10.8. The molecular formula is C13H13BrO5. The maximum atomic E-state index is 10.8. The molecule has 102 valence electrons. The van der Waals surface area contributed by atoms with Crippen molar-refractivity contribution in [2.45, 2.75) is 18.9 Å². The van der Waals surface area contributed by atoms with Crippen molar-refractivity contribution in [1.82, 2.24) is 0 Å². The minimum Gasteiger partial charge on any atom is -0.489 e. The van der Waals surface area contributed by atoms with Gasteiger partial charge in [0.05, 0.1) is 17.7 Å². The van der Waals surface area contributed by atoms with Crippen molar-refractivity contribution in [2.24, 2.45) is 5.41 Å². The summed E-state index contributed by atoms with van der Waals surface area (Å²) in [5.74, 6) is -0.237. The number of rotatable bonds is 2. The Morgan fingerprint density at radius 3 is 2.63 bits per heavy atom. The van der Waals surface area contributed by atoms with Gasteiger partial charge in [-0.2, -0.15) is 0 Å². The number of carboxylic acid groups (broad SMARTS) is 1. The molecule has 3 rings (SSSR count). The summed E-state index contributed by atoms with van der Waals surface area (Å²) >= 11 is 3.33. The first kappa shape index (κ1) is 12.7. The number of aliphatic hydroxyl groups is 1. The van der Waals surface area contributed by atoms with Crippen LogP contribution in [0.3, 0.4) is 0 Å². The summed E-state index contributed by atoms with van der Waals surface area (Å²) in [6.07, 6.45) is 0.607. The van der Waals surface area contributed by atoms with E-state index in [0.717, 1.165) is 12.8 Å². The number of carbonyl (C=O) groups is 1. The Kier molecular flexibility index (Phi) is 2.94. The third kappa shape index (κ3) is 2.30. The molecule has 0 saturated heterocycles. The SMILES string of the molecule is O=C(O)C(O)c1cc(Br)c2c(c1)OCC1(CC1)CO2. The van der Waals surface area contributed by atoms with Crippen LogP contribution in [-0.2, 0) is 4.79 Å². The van der Waals surface area contributed by atoms with Gasteiger partial charge < -0.3 is 19.7 Å². The van der Waals surface area contributed by atoms with Crippen molar-refractivity contribution < 1.29 is 24.5 Å². The van der Waals surface area contributed by atoms with Crippen LogP contribution in [0, 0.1) is 5.41 Å². The van der Waals surface area contributed by atoms with E-state index < -0.39 is 12.1 Å². The molecule has 0 radical (unpaired) electrons. The van der Waals surface area contributed by atoms with Gasteiger partial charge in [-0.05, 0) is 46.5 Å². The predicted molar refractivity (Wildman–Crippen MR) is 69.4 cm³/mol. The number of hydrogen-bond acceptors (Lipinski definition) is 4. The van der Waals surface area contributed by atoms with Gasteiger partial charge in [-0.1, -0.05) is 0 Å². The molecule has 19 heavy (non-hydrogen) atoms. The first-order valence-electron chi connectivity index (χ1n) is 6.01. The molecule has 0 bridgehead atoms. The zero-order chi connectivity index (χ0) is 13.6. The maximum Gasteiger partial charge on any atom is 0.337 e. The van der Waals surface area contributed by atoms with Crippen molar-refractivity contribution in [3.63, 3.8) is 0 Å². The van der Waals surface area contributed by atoms with E-state index in [1.165, 1.54) is 6.07 Å². The molecule has 0 aromatic heterocycles. The van der Waals surface area contributed by atoms with E-state index in [4.69, 9.17) is 14.6 Å². The lowest BCUT2D eigenvalue weighted by Crippen LogP contribution is -2.17.